The predicted molar refractivity (Wildman–Crippen MR) is 106 cm³/mol. The van der Waals surface area contributed by atoms with E-state index < -0.39 is 8.32 Å². The molecule has 0 aromatic heterocycles. The summed E-state index contributed by atoms with van der Waals surface area (Å²) in [5, 5.41) is 2.64. The summed E-state index contributed by atoms with van der Waals surface area (Å²) in [5.74, 6) is 0. The molecule has 0 bridgehead atoms. The molecule has 0 amide bonds. The van der Waals surface area contributed by atoms with E-state index in [4.69, 9.17) is 10.2 Å². The maximum absolute atomic E-state index is 6.79. The lowest BCUT2D eigenvalue weighted by Crippen LogP contribution is -2.67. The molecule has 0 fully saturated rings. The minimum atomic E-state index is -2.42. The van der Waals surface area contributed by atoms with Crippen LogP contribution in [0.25, 0.3) is 0 Å². The second kappa shape index (κ2) is 8.10. The van der Waals surface area contributed by atoms with Crippen LogP contribution in [0.1, 0.15) is 40.5 Å². The molecule has 0 aliphatic carbocycles. The third kappa shape index (κ3) is 3.97. The van der Waals surface area contributed by atoms with Gasteiger partial charge in [0.2, 0.25) is 0 Å². The van der Waals surface area contributed by atoms with Crippen molar-refractivity contribution in [3.63, 3.8) is 0 Å². The third-order valence-corrected chi connectivity index (χ3v) is 9.60. The second-order valence-corrected chi connectivity index (χ2v) is 11.8. The van der Waals surface area contributed by atoms with Gasteiger partial charge in [0.1, 0.15) is 0 Å². The molecule has 2 nitrogen and oxygen atoms in total. The van der Waals surface area contributed by atoms with Gasteiger partial charge in [-0.1, -0.05) is 94.8 Å². The highest BCUT2D eigenvalue weighted by Crippen LogP contribution is 2.36. The van der Waals surface area contributed by atoms with Gasteiger partial charge in [-0.25, -0.2) is 0 Å². The van der Waals surface area contributed by atoms with Crippen molar-refractivity contribution in [2.45, 2.75) is 51.6 Å². The first-order chi connectivity index (χ1) is 11.4. The van der Waals surface area contributed by atoms with E-state index in [-0.39, 0.29) is 11.1 Å². The first-order valence-corrected chi connectivity index (χ1v) is 10.8. The average molecular weight is 342 g/mol. The van der Waals surface area contributed by atoms with Crippen molar-refractivity contribution >= 4 is 18.7 Å². The maximum atomic E-state index is 6.79. The molecule has 0 saturated heterocycles. The van der Waals surface area contributed by atoms with E-state index >= 15 is 0 Å². The van der Waals surface area contributed by atoms with Crippen LogP contribution in [0.4, 0.5) is 0 Å². The smallest absolute Gasteiger partial charge is 0.261 e. The standard InChI is InChI=1S/C21H31NOSi/c1-5-12-18(22)17-23-24(21(2,3)4,19-13-8-6-9-14-19)20-15-10-7-11-16-20/h6-11,13-16,18H,5,12,17,22H2,1-4H3. The first-order valence-electron chi connectivity index (χ1n) is 8.92. The molecule has 2 aromatic carbocycles. The van der Waals surface area contributed by atoms with Crippen molar-refractivity contribution in [2.75, 3.05) is 6.61 Å². The second-order valence-electron chi connectivity index (χ2n) is 7.52. The van der Waals surface area contributed by atoms with Crippen molar-refractivity contribution in [3.8, 4) is 0 Å². The van der Waals surface area contributed by atoms with Crippen LogP contribution in [0.3, 0.4) is 0 Å². The van der Waals surface area contributed by atoms with E-state index in [2.05, 4.69) is 88.4 Å². The quantitative estimate of drug-likeness (QED) is 0.780. The highest BCUT2D eigenvalue weighted by atomic mass is 28.4. The van der Waals surface area contributed by atoms with E-state index in [0.29, 0.717) is 6.61 Å². The predicted octanol–water partition coefficient (Wildman–Crippen LogP) is 3.69. The highest BCUT2D eigenvalue weighted by molar-refractivity contribution is 6.99. The van der Waals surface area contributed by atoms with E-state index in [9.17, 15) is 0 Å². The number of rotatable bonds is 7. The molecule has 24 heavy (non-hydrogen) atoms. The summed E-state index contributed by atoms with van der Waals surface area (Å²) in [5.41, 5.74) is 6.29. The molecule has 2 N–H and O–H groups in total. The Bertz CT molecular complexity index is 567. The van der Waals surface area contributed by atoms with Gasteiger partial charge in [-0.15, -0.1) is 0 Å². The van der Waals surface area contributed by atoms with Crippen LogP contribution in [0, 0.1) is 0 Å². The molecule has 0 aliphatic rings. The molecule has 1 unspecified atom stereocenters. The van der Waals surface area contributed by atoms with Crippen LogP contribution in [-0.4, -0.2) is 21.0 Å². The summed E-state index contributed by atoms with van der Waals surface area (Å²) in [6.45, 7) is 9.67. The molecule has 1 atom stereocenters. The lowest BCUT2D eigenvalue weighted by atomic mass is 10.2. The van der Waals surface area contributed by atoms with Crippen LogP contribution in [0.2, 0.25) is 5.04 Å². The molecular formula is C21H31NOSi. The maximum Gasteiger partial charge on any atom is 0.261 e. The van der Waals surface area contributed by atoms with Crippen LogP contribution in [0.15, 0.2) is 60.7 Å². The molecule has 2 rings (SSSR count). The third-order valence-electron chi connectivity index (χ3n) is 4.59. The lowest BCUT2D eigenvalue weighted by molar-refractivity contribution is 0.265. The number of hydrogen-bond acceptors (Lipinski definition) is 2. The SMILES string of the molecule is CCCC(N)CO[Si](c1ccccc1)(c1ccccc1)C(C)(C)C. The number of nitrogens with two attached hydrogens (primary N) is 1. The summed E-state index contributed by atoms with van der Waals surface area (Å²) in [6.07, 6.45) is 2.09. The molecule has 0 heterocycles. The summed E-state index contributed by atoms with van der Waals surface area (Å²) in [4.78, 5) is 0. The monoisotopic (exact) mass is 341 g/mol. The summed E-state index contributed by atoms with van der Waals surface area (Å²) in [6, 6.07) is 21.6. The van der Waals surface area contributed by atoms with Crippen LogP contribution in [-0.2, 0) is 4.43 Å². The summed E-state index contributed by atoms with van der Waals surface area (Å²) in [7, 11) is -2.42. The Kier molecular flexibility index (Phi) is 6.38. The lowest BCUT2D eigenvalue weighted by Gasteiger charge is -2.43. The van der Waals surface area contributed by atoms with Gasteiger partial charge in [0, 0.05) is 12.6 Å². The zero-order valence-electron chi connectivity index (χ0n) is 15.5. The number of hydrogen-bond donors (Lipinski definition) is 1. The molecule has 3 heteroatoms. The highest BCUT2D eigenvalue weighted by Gasteiger charge is 2.50. The molecule has 0 saturated carbocycles. The van der Waals surface area contributed by atoms with E-state index in [1.807, 2.05) is 0 Å². The van der Waals surface area contributed by atoms with Crippen LogP contribution in [0.5, 0.6) is 0 Å². The Morgan fingerprint density at radius 3 is 1.75 bits per heavy atom. The minimum Gasteiger partial charge on any atom is -0.406 e. The molecule has 0 radical (unpaired) electrons. The Morgan fingerprint density at radius 1 is 0.917 bits per heavy atom. The average Bonchev–Trinajstić information content (AvgIpc) is 2.56. The fraction of sp³-hybridized carbons (Fsp3) is 0.429. The van der Waals surface area contributed by atoms with E-state index in [1.54, 1.807) is 0 Å². The van der Waals surface area contributed by atoms with Gasteiger partial charge in [-0.05, 0) is 21.8 Å². The van der Waals surface area contributed by atoms with Crippen molar-refractivity contribution in [3.05, 3.63) is 60.7 Å². The molecule has 2 aromatic rings. The van der Waals surface area contributed by atoms with Gasteiger partial charge in [0.25, 0.3) is 8.32 Å². The zero-order valence-corrected chi connectivity index (χ0v) is 16.5. The Balaban J connectivity index is 2.53. The fourth-order valence-electron chi connectivity index (χ4n) is 3.45. The van der Waals surface area contributed by atoms with E-state index in [0.717, 1.165) is 12.8 Å². The summed E-state index contributed by atoms with van der Waals surface area (Å²) < 4.78 is 6.79. The van der Waals surface area contributed by atoms with Crippen molar-refractivity contribution in [2.24, 2.45) is 5.73 Å². The molecule has 0 aliphatic heterocycles. The fourth-order valence-corrected chi connectivity index (χ4v) is 8.07. The van der Waals surface area contributed by atoms with Crippen LogP contribution >= 0.6 is 0 Å². The minimum absolute atomic E-state index is 0.0155. The van der Waals surface area contributed by atoms with Crippen LogP contribution < -0.4 is 16.1 Å². The van der Waals surface area contributed by atoms with Crippen molar-refractivity contribution in [1.29, 1.82) is 0 Å². The van der Waals surface area contributed by atoms with Gasteiger partial charge in [0.05, 0.1) is 0 Å². The molecule has 0 spiro atoms. The van der Waals surface area contributed by atoms with Crippen molar-refractivity contribution < 1.29 is 4.43 Å². The van der Waals surface area contributed by atoms with Gasteiger partial charge in [-0.2, -0.15) is 0 Å². The Hall–Kier alpha value is -1.42. The van der Waals surface area contributed by atoms with Gasteiger partial charge < -0.3 is 10.2 Å². The first kappa shape index (κ1) is 18.9. The van der Waals surface area contributed by atoms with Crippen molar-refractivity contribution in [1.82, 2.24) is 0 Å². The topological polar surface area (TPSA) is 35.2 Å². The number of benzene rings is 2. The molecular weight excluding hydrogens is 310 g/mol. The normalized spacial score (nSPS) is 13.7. The van der Waals surface area contributed by atoms with E-state index in [1.165, 1.54) is 10.4 Å². The Morgan fingerprint density at radius 2 is 1.38 bits per heavy atom. The summed E-state index contributed by atoms with van der Waals surface area (Å²) >= 11 is 0. The van der Waals surface area contributed by atoms with Gasteiger partial charge in [0.15, 0.2) is 0 Å². The largest absolute Gasteiger partial charge is 0.406 e. The molecule has 130 valence electrons. The zero-order chi connectivity index (χ0) is 17.6. The van der Waals surface area contributed by atoms with Gasteiger partial charge in [-0.3, -0.25) is 0 Å². The Labute approximate surface area is 148 Å². The van der Waals surface area contributed by atoms with Gasteiger partial charge >= 0.3 is 0 Å².